The highest BCUT2D eigenvalue weighted by atomic mass is 35.5. The van der Waals surface area contributed by atoms with Crippen molar-refractivity contribution in [2.45, 2.75) is 19.0 Å². The van der Waals surface area contributed by atoms with Crippen LogP contribution in [0.4, 0.5) is 26.3 Å². The highest BCUT2D eigenvalue weighted by Crippen LogP contribution is 2.40. The standard InChI is InChI=1S/C9H5ClF6O/c10-7-2-4(8(11,12)13)1-6(5(7)3-17)9(14,15)16/h1-2,17H,3H2. The Labute approximate surface area is 96.6 Å². The van der Waals surface area contributed by atoms with Crippen LogP contribution in [0.1, 0.15) is 16.7 Å². The molecule has 0 aliphatic rings. The fourth-order valence-corrected chi connectivity index (χ4v) is 1.49. The molecule has 0 radical (unpaired) electrons. The van der Waals surface area contributed by atoms with Crippen molar-refractivity contribution in [3.05, 3.63) is 33.8 Å². The molecular formula is C9H5ClF6O. The molecule has 1 aromatic carbocycles. The summed E-state index contributed by atoms with van der Waals surface area (Å²) in [5, 5.41) is 7.92. The second-order valence-corrected chi connectivity index (χ2v) is 3.55. The lowest BCUT2D eigenvalue weighted by Crippen LogP contribution is -2.14. The van der Waals surface area contributed by atoms with Gasteiger partial charge < -0.3 is 5.11 Å². The van der Waals surface area contributed by atoms with Gasteiger partial charge in [0.1, 0.15) is 0 Å². The van der Waals surface area contributed by atoms with Crippen LogP contribution in [0.3, 0.4) is 0 Å². The van der Waals surface area contributed by atoms with E-state index in [1.54, 1.807) is 0 Å². The first-order chi connectivity index (χ1) is 7.57. The molecule has 0 bridgehead atoms. The summed E-state index contributed by atoms with van der Waals surface area (Å²) in [7, 11) is 0. The lowest BCUT2D eigenvalue weighted by atomic mass is 10.0. The van der Waals surface area contributed by atoms with E-state index < -0.39 is 40.7 Å². The van der Waals surface area contributed by atoms with Crippen LogP contribution in [-0.2, 0) is 19.0 Å². The number of rotatable bonds is 1. The van der Waals surface area contributed by atoms with E-state index in [1.807, 2.05) is 0 Å². The summed E-state index contributed by atoms with van der Waals surface area (Å²) in [6, 6.07) is 0.278. The zero-order valence-corrected chi connectivity index (χ0v) is 8.71. The number of aliphatic hydroxyl groups excluding tert-OH is 1. The van der Waals surface area contributed by atoms with E-state index in [2.05, 4.69) is 0 Å². The highest BCUT2D eigenvalue weighted by molar-refractivity contribution is 6.31. The predicted octanol–water partition coefficient (Wildman–Crippen LogP) is 3.87. The van der Waals surface area contributed by atoms with Crippen LogP contribution in [0.15, 0.2) is 12.1 Å². The molecule has 0 unspecified atom stereocenters. The Morgan fingerprint density at radius 3 is 1.88 bits per heavy atom. The molecule has 0 aliphatic carbocycles. The zero-order chi connectivity index (χ0) is 13.4. The number of alkyl halides is 6. The Morgan fingerprint density at radius 2 is 1.53 bits per heavy atom. The molecule has 0 fully saturated rings. The third-order valence-corrected chi connectivity index (χ3v) is 2.32. The Balaban J connectivity index is 3.51. The van der Waals surface area contributed by atoms with Gasteiger partial charge >= 0.3 is 12.4 Å². The van der Waals surface area contributed by atoms with Crippen LogP contribution >= 0.6 is 11.6 Å². The Kier molecular flexibility index (Phi) is 3.63. The van der Waals surface area contributed by atoms with Crippen LogP contribution in [-0.4, -0.2) is 5.11 Å². The molecule has 0 atom stereocenters. The Hall–Kier alpha value is -0.950. The first-order valence-corrected chi connectivity index (χ1v) is 4.53. The minimum Gasteiger partial charge on any atom is -0.392 e. The summed E-state index contributed by atoms with van der Waals surface area (Å²) in [5.41, 5.74) is -3.86. The normalized spacial score (nSPS) is 12.9. The topological polar surface area (TPSA) is 20.2 Å². The lowest BCUT2D eigenvalue weighted by Gasteiger charge is -2.16. The van der Waals surface area contributed by atoms with Crippen LogP contribution in [0, 0.1) is 0 Å². The minimum absolute atomic E-state index is 0.0720. The largest absolute Gasteiger partial charge is 0.416 e. The molecule has 1 N–H and O–H groups in total. The first-order valence-electron chi connectivity index (χ1n) is 4.15. The van der Waals surface area contributed by atoms with E-state index in [-0.39, 0.29) is 6.07 Å². The second kappa shape index (κ2) is 4.38. The fourth-order valence-electron chi connectivity index (χ4n) is 1.21. The van der Waals surface area contributed by atoms with Crippen molar-refractivity contribution < 1.29 is 31.4 Å². The molecule has 0 amide bonds. The van der Waals surface area contributed by atoms with Crippen molar-refractivity contribution in [3.8, 4) is 0 Å². The van der Waals surface area contributed by atoms with Crippen molar-refractivity contribution in [1.29, 1.82) is 0 Å². The molecule has 0 heterocycles. The molecule has 1 nitrogen and oxygen atoms in total. The van der Waals surface area contributed by atoms with E-state index in [0.717, 1.165) is 0 Å². The van der Waals surface area contributed by atoms with Crippen LogP contribution in [0.5, 0.6) is 0 Å². The minimum atomic E-state index is -5.01. The molecule has 0 saturated carbocycles. The summed E-state index contributed by atoms with van der Waals surface area (Å²) in [6.45, 7) is -1.09. The zero-order valence-electron chi connectivity index (χ0n) is 7.95. The number of hydrogen-bond donors (Lipinski definition) is 1. The van der Waals surface area contributed by atoms with Crippen molar-refractivity contribution in [3.63, 3.8) is 0 Å². The molecule has 0 aliphatic heterocycles. The summed E-state index contributed by atoms with van der Waals surface area (Å²) >= 11 is 5.29. The quantitative estimate of drug-likeness (QED) is 0.773. The van der Waals surface area contributed by atoms with Crippen molar-refractivity contribution in [2.24, 2.45) is 0 Å². The maximum Gasteiger partial charge on any atom is 0.416 e. The number of halogens is 7. The lowest BCUT2D eigenvalue weighted by molar-refractivity contribution is -0.143. The van der Waals surface area contributed by atoms with Crippen LogP contribution in [0.2, 0.25) is 5.02 Å². The van der Waals surface area contributed by atoms with E-state index in [1.165, 1.54) is 0 Å². The van der Waals surface area contributed by atoms with Crippen molar-refractivity contribution in [2.75, 3.05) is 0 Å². The molecule has 96 valence electrons. The van der Waals surface area contributed by atoms with Gasteiger partial charge in [-0.2, -0.15) is 26.3 Å². The third-order valence-electron chi connectivity index (χ3n) is 1.99. The first kappa shape index (κ1) is 14.1. The van der Waals surface area contributed by atoms with Crippen LogP contribution in [0.25, 0.3) is 0 Å². The Bertz CT molecular complexity index is 423. The van der Waals surface area contributed by atoms with Gasteiger partial charge in [-0.25, -0.2) is 0 Å². The average molecular weight is 279 g/mol. The van der Waals surface area contributed by atoms with Gasteiger partial charge in [0.05, 0.1) is 17.7 Å². The van der Waals surface area contributed by atoms with Crippen LogP contribution < -0.4 is 0 Å². The molecular weight excluding hydrogens is 274 g/mol. The maximum absolute atomic E-state index is 12.4. The molecule has 1 rings (SSSR count). The molecule has 1 aromatic rings. The van der Waals surface area contributed by atoms with E-state index in [9.17, 15) is 26.3 Å². The Morgan fingerprint density at radius 1 is 1.00 bits per heavy atom. The summed E-state index contributed by atoms with van der Waals surface area (Å²) < 4.78 is 74.2. The smallest absolute Gasteiger partial charge is 0.392 e. The van der Waals surface area contributed by atoms with Gasteiger partial charge in [0.25, 0.3) is 0 Å². The third kappa shape index (κ3) is 3.04. The van der Waals surface area contributed by atoms with E-state index in [4.69, 9.17) is 16.7 Å². The van der Waals surface area contributed by atoms with Gasteiger partial charge in [-0.3, -0.25) is 0 Å². The van der Waals surface area contributed by atoms with Gasteiger partial charge in [0, 0.05) is 10.6 Å². The fraction of sp³-hybridized carbons (Fsp3) is 0.333. The SMILES string of the molecule is OCc1c(Cl)cc(C(F)(F)F)cc1C(F)(F)F. The number of hydrogen-bond acceptors (Lipinski definition) is 1. The number of benzene rings is 1. The molecule has 0 saturated heterocycles. The number of aliphatic hydroxyl groups is 1. The molecule has 17 heavy (non-hydrogen) atoms. The van der Waals surface area contributed by atoms with Gasteiger partial charge in [-0.15, -0.1) is 0 Å². The second-order valence-electron chi connectivity index (χ2n) is 3.14. The van der Waals surface area contributed by atoms with Gasteiger partial charge in [0.15, 0.2) is 0 Å². The van der Waals surface area contributed by atoms with Gasteiger partial charge in [-0.05, 0) is 12.1 Å². The highest BCUT2D eigenvalue weighted by Gasteiger charge is 2.39. The summed E-state index contributed by atoms with van der Waals surface area (Å²) in [5.74, 6) is 0. The summed E-state index contributed by atoms with van der Waals surface area (Å²) in [6.07, 6.45) is -9.94. The van der Waals surface area contributed by atoms with Gasteiger partial charge in [-0.1, -0.05) is 11.6 Å². The molecule has 0 aromatic heterocycles. The van der Waals surface area contributed by atoms with E-state index in [0.29, 0.717) is 6.07 Å². The predicted molar refractivity (Wildman–Crippen MR) is 47.4 cm³/mol. The maximum atomic E-state index is 12.4. The molecule has 8 heteroatoms. The van der Waals surface area contributed by atoms with Crippen molar-refractivity contribution >= 4 is 11.6 Å². The average Bonchev–Trinajstić information content (AvgIpc) is 2.13. The monoisotopic (exact) mass is 278 g/mol. The van der Waals surface area contributed by atoms with Gasteiger partial charge in [0.2, 0.25) is 0 Å². The van der Waals surface area contributed by atoms with E-state index >= 15 is 0 Å². The molecule has 0 spiro atoms. The van der Waals surface area contributed by atoms with Crippen molar-refractivity contribution in [1.82, 2.24) is 0 Å². The summed E-state index contributed by atoms with van der Waals surface area (Å²) in [4.78, 5) is 0.